The van der Waals surface area contributed by atoms with Gasteiger partial charge in [0.25, 0.3) is 0 Å². The molecular weight excluding hydrogens is 234 g/mol. The van der Waals surface area contributed by atoms with Gasteiger partial charge in [-0.15, -0.1) is 0 Å². The number of nitrogen functional groups attached to an aromatic ring is 1. The van der Waals surface area contributed by atoms with Crippen molar-refractivity contribution < 1.29 is 8.78 Å². The Morgan fingerprint density at radius 2 is 1.61 bits per heavy atom. The van der Waals surface area contributed by atoms with Crippen LogP contribution in [0.1, 0.15) is 44.9 Å². The fraction of sp³-hybridized carbons (Fsp3) is 0.571. The van der Waals surface area contributed by atoms with Gasteiger partial charge in [0.15, 0.2) is 11.6 Å². The van der Waals surface area contributed by atoms with Gasteiger partial charge in [-0.25, -0.2) is 8.78 Å². The Morgan fingerprint density at radius 3 is 2.28 bits per heavy atom. The molecule has 3 N–H and O–H groups in total. The fourth-order valence-corrected chi connectivity index (χ4v) is 2.52. The first-order valence-electron chi connectivity index (χ1n) is 6.68. The van der Waals surface area contributed by atoms with Crippen molar-refractivity contribution in [3.8, 4) is 0 Å². The number of benzene rings is 1. The van der Waals surface area contributed by atoms with Gasteiger partial charge in [-0.2, -0.15) is 0 Å². The van der Waals surface area contributed by atoms with Crippen LogP contribution < -0.4 is 11.1 Å². The number of hydrogen-bond acceptors (Lipinski definition) is 2. The van der Waals surface area contributed by atoms with E-state index < -0.39 is 11.6 Å². The van der Waals surface area contributed by atoms with E-state index in [1.54, 1.807) is 0 Å². The van der Waals surface area contributed by atoms with Gasteiger partial charge >= 0.3 is 0 Å². The molecule has 0 spiro atoms. The molecule has 0 unspecified atom stereocenters. The molecule has 1 aromatic rings. The molecule has 1 aromatic carbocycles. The topological polar surface area (TPSA) is 38.0 Å². The lowest BCUT2D eigenvalue weighted by Crippen LogP contribution is -2.22. The van der Waals surface area contributed by atoms with Crippen molar-refractivity contribution >= 4 is 11.4 Å². The minimum absolute atomic E-state index is 0.126. The highest BCUT2D eigenvalue weighted by Gasteiger charge is 2.17. The zero-order chi connectivity index (χ0) is 13.0. The van der Waals surface area contributed by atoms with E-state index in [9.17, 15) is 8.78 Å². The second kappa shape index (κ2) is 6.03. The number of nitrogens with two attached hydrogens (primary N) is 1. The monoisotopic (exact) mass is 254 g/mol. The van der Waals surface area contributed by atoms with Crippen molar-refractivity contribution in [2.45, 2.75) is 51.0 Å². The average molecular weight is 254 g/mol. The highest BCUT2D eigenvalue weighted by Crippen LogP contribution is 2.28. The highest BCUT2D eigenvalue weighted by atomic mass is 19.2. The standard InChI is InChI=1S/C14H20F2N2/c15-11-8-9-12(17)14(13(11)16)18-10-6-4-2-1-3-5-7-10/h8-10,18H,1-7,17H2. The molecule has 0 bridgehead atoms. The first kappa shape index (κ1) is 13.1. The van der Waals surface area contributed by atoms with Crippen molar-refractivity contribution in [3.05, 3.63) is 23.8 Å². The zero-order valence-corrected chi connectivity index (χ0v) is 10.5. The Balaban J connectivity index is 2.09. The maximum Gasteiger partial charge on any atom is 0.183 e. The van der Waals surface area contributed by atoms with Crippen molar-refractivity contribution in [1.82, 2.24) is 0 Å². The summed E-state index contributed by atoms with van der Waals surface area (Å²) >= 11 is 0. The molecule has 2 nitrogen and oxygen atoms in total. The summed E-state index contributed by atoms with van der Waals surface area (Å²) in [7, 11) is 0. The normalized spacial score (nSPS) is 18.1. The number of hydrogen-bond donors (Lipinski definition) is 2. The molecule has 0 radical (unpaired) electrons. The molecule has 1 saturated carbocycles. The molecule has 0 heterocycles. The van der Waals surface area contributed by atoms with Crippen molar-refractivity contribution in [1.29, 1.82) is 0 Å². The predicted octanol–water partition coefficient (Wildman–Crippen LogP) is 4.07. The van der Waals surface area contributed by atoms with Gasteiger partial charge < -0.3 is 11.1 Å². The second-order valence-corrected chi connectivity index (χ2v) is 5.01. The van der Waals surface area contributed by atoms with Gasteiger partial charge in [0, 0.05) is 6.04 Å². The second-order valence-electron chi connectivity index (χ2n) is 5.01. The smallest absolute Gasteiger partial charge is 0.183 e. The third kappa shape index (κ3) is 3.12. The van der Waals surface area contributed by atoms with E-state index >= 15 is 0 Å². The van der Waals surface area contributed by atoms with E-state index in [0.29, 0.717) is 0 Å². The Hall–Kier alpha value is -1.32. The molecule has 1 aliphatic carbocycles. The largest absolute Gasteiger partial charge is 0.397 e. The fourth-order valence-electron chi connectivity index (χ4n) is 2.52. The molecule has 0 aliphatic heterocycles. The summed E-state index contributed by atoms with van der Waals surface area (Å²) in [5.74, 6) is -1.71. The summed E-state index contributed by atoms with van der Waals surface area (Å²) in [6.07, 6.45) is 7.98. The Morgan fingerprint density at radius 1 is 1.00 bits per heavy atom. The quantitative estimate of drug-likeness (QED) is 0.781. The van der Waals surface area contributed by atoms with Gasteiger partial charge in [0.2, 0.25) is 0 Å². The molecule has 0 amide bonds. The summed E-state index contributed by atoms with van der Waals surface area (Å²) in [5, 5.41) is 3.09. The van der Waals surface area contributed by atoms with Crippen LogP contribution in [0.5, 0.6) is 0 Å². The molecule has 0 aromatic heterocycles. The first-order valence-corrected chi connectivity index (χ1v) is 6.68. The summed E-state index contributed by atoms with van der Waals surface area (Å²) in [6, 6.07) is 2.67. The van der Waals surface area contributed by atoms with Gasteiger partial charge in [-0.3, -0.25) is 0 Å². The third-order valence-corrected chi connectivity index (χ3v) is 3.58. The Labute approximate surface area is 107 Å². The van der Waals surface area contributed by atoms with Crippen LogP contribution in [0.3, 0.4) is 0 Å². The van der Waals surface area contributed by atoms with Gasteiger partial charge in [-0.1, -0.05) is 32.1 Å². The maximum absolute atomic E-state index is 13.7. The summed E-state index contributed by atoms with van der Waals surface area (Å²) in [6.45, 7) is 0. The SMILES string of the molecule is Nc1ccc(F)c(F)c1NC1CCCCCCC1. The molecule has 2 rings (SSSR count). The van der Waals surface area contributed by atoms with Crippen LogP contribution in [0.15, 0.2) is 12.1 Å². The van der Waals surface area contributed by atoms with Gasteiger partial charge in [0.1, 0.15) is 0 Å². The highest BCUT2D eigenvalue weighted by molar-refractivity contribution is 5.67. The number of nitrogens with one attached hydrogen (secondary N) is 1. The van der Waals surface area contributed by atoms with E-state index in [0.717, 1.165) is 31.7 Å². The minimum atomic E-state index is -0.864. The number of halogens is 2. The molecule has 0 saturated heterocycles. The molecule has 4 heteroatoms. The van der Waals surface area contributed by atoms with Crippen molar-refractivity contribution in [3.63, 3.8) is 0 Å². The van der Waals surface area contributed by atoms with E-state index in [1.807, 2.05) is 0 Å². The number of anilines is 2. The van der Waals surface area contributed by atoms with E-state index in [4.69, 9.17) is 5.73 Å². The van der Waals surface area contributed by atoms with Crippen LogP contribution in [0.4, 0.5) is 20.2 Å². The molecule has 0 atom stereocenters. The van der Waals surface area contributed by atoms with Crippen molar-refractivity contribution in [2.75, 3.05) is 11.1 Å². The molecule has 1 fully saturated rings. The van der Waals surface area contributed by atoms with Crippen LogP contribution >= 0.6 is 0 Å². The van der Waals surface area contributed by atoms with Gasteiger partial charge in [0.05, 0.1) is 11.4 Å². The lowest BCUT2D eigenvalue weighted by atomic mass is 9.96. The van der Waals surface area contributed by atoms with E-state index in [1.165, 1.54) is 25.3 Å². The molecule has 100 valence electrons. The Bertz CT molecular complexity index is 399. The average Bonchev–Trinajstić information content (AvgIpc) is 2.32. The minimum Gasteiger partial charge on any atom is -0.397 e. The Kier molecular flexibility index (Phi) is 4.39. The van der Waals surface area contributed by atoms with Crippen molar-refractivity contribution in [2.24, 2.45) is 0 Å². The number of rotatable bonds is 2. The van der Waals surface area contributed by atoms with Crippen LogP contribution in [0.2, 0.25) is 0 Å². The van der Waals surface area contributed by atoms with Crippen LogP contribution in [-0.2, 0) is 0 Å². The molecule has 18 heavy (non-hydrogen) atoms. The molecule has 1 aliphatic rings. The van der Waals surface area contributed by atoms with E-state index in [-0.39, 0.29) is 17.4 Å². The summed E-state index contributed by atoms with van der Waals surface area (Å²) in [4.78, 5) is 0. The first-order chi connectivity index (χ1) is 8.68. The van der Waals surface area contributed by atoms with Crippen LogP contribution in [0, 0.1) is 11.6 Å². The zero-order valence-electron chi connectivity index (χ0n) is 10.5. The summed E-state index contributed by atoms with van der Waals surface area (Å²) in [5.41, 5.74) is 6.11. The lowest BCUT2D eigenvalue weighted by molar-refractivity contribution is 0.466. The lowest BCUT2D eigenvalue weighted by Gasteiger charge is -2.23. The molecular formula is C14H20F2N2. The van der Waals surface area contributed by atoms with E-state index in [2.05, 4.69) is 5.32 Å². The predicted molar refractivity (Wildman–Crippen MR) is 70.5 cm³/mol. The van der Waals surface area contributed by atoms with Crippen LogP contribution in [0.25, 0.3) is 0 Å². The maximum atomic E-state index is 13.7. The van der Waals surface area contributed by atoms with Gasteiger partial charge in [-0.05, 0) is 25.0 Å². The van der Waals surface area contributed by atoms with Crippen LogP contribution in [-0.4, -0.2) is 6.04 Å². The third-order valence-electron chi connectivity index (χ3n) is 3.58. The summed E-state index contributed by atoms with van der Waals surface area (Å²) < 4.78 is 26.9.